The van der Waals surface area contributed by atoms with Crippen molar-refractivity contribution in [3.05, 3.63) is 66.2 Å². The summed E-state index contributed by atoms with van der Waals surface area (Å²) in [6, 6.07) is 20.4. The highest BCUT2D eigenvalue weighted by Gasteiger charge is 2.20. The number of nitrogens with zero attached hydrogens (tertiary/aromatic N) is 5. The fraction of sp³-hybridized carbons (Fsp3) is 0.417. The molecule has 3 aromatic rings. The summed E-state index contributed by atoms with van der Waals surface area (Å²) < 4.78 is 0. The maximum atomic E-state index is 12.3. The average molecular weight is 419 g/mol. The van der Waals surface area contributed by atoms with Crippen LogP contribution in [0.1, 0.15) is 31.2 Å². The molecule has 1 unspecified atom stereocenters. The third-order valence-corrected chi connectivity index (χ3v) is 5.69. The molecule has 1 aliphatic rings. The highest BCUT2D eigenvalue weighted by atomic mass is 16.1. The lowest BCUT2D eigenvalue weighted by Crippen LogP contribution is -2.40. The van der Waals surface area contributed by atoms with Gasteiger partial charge in [-0.2, -0.15) is 4.80 Å². The molecule has 162 valence electrons. The Bertz CT molecular complexity index is 943. The van der Waals surface area contributed by atoms with Crippen molar-refractivity contribution in [2.45, 2.75) is 38.8 Å². The van der Waals surface area contributed by atoms with Crippen LogP contribution in [-0.4, -0.2) is 50.6 Å². The molecule has 1 aromatic heterocycles. The normalized spacial score (nSPS) is 16.8. The van der Waals surface area contributed by atoms with Gasteiger partial charge >= 0.3 is 0 Å². The van der Waals surface area contributed by atoms with E-state index in [1.54, 1.807) is 4.80 Å². The number of carbonyl (C=O) groups excluding carboxylic acids is 1. The summed E-state index contributed by atoms with van der Waals surface area (Å²) in [5.74, 6) is 1.23. The Kier molecular flexibility index (Phi) is 7.39. The summed E-state index contributed by atoms with van der Waals surface area (Å²) in [5, 5.41) is 15.7. The van der Waals surface area contributed by atoms with E-state index in [9.17, 15) is 4.79 Å². The summed E-state index contributed by atoms with van der Waals surface area (Å²) in [4.78, 5) is 16.3. The SMILES string of the molecule is O=C(CCCn1nnc(-c2ccccc2)n1)NCC1CCCN(Cc2ccccc2)C1. The number of nitrogens with one attached hydrogen (secondary N) is 1. The minimum Gasteiger partial charge on any atom is -0.356 e. The van der Waals surface area contributed by atoms with E-state index in [0.29, 0.717) is 31.1 Å². The molecule has 0 spiro atoms. The molecule has 0 bridgehead atoms. The number of benzene rings is 2. The van der Waals surface area contributed by atoms with Crippen LogP contribution in [0.3, 0.4) is 0 Å². The Hall–Kier alpha value is -3.06. The van der Waals surface area contributed by atoms with Crippen molar-refractivity contribution < 1.29 is 4.79 Å². The van der Waals surface area contributed by atoms with E-state index in [4.69, 9.17) is 0 Å². The molecular formula is C24H30N6O. The summed E-state index contributed by atoms with van der Waals surface area (Å²) in [7, 11) is 0. The van der Waals surface area contributed by atoms with E-state index in [-0.39, 0.29) is 5.91 Å². The van der Waals surface area contributed by atoms with Gasteiger partial charge in [-0.3, -0.25) is 9.69 Å². The van der Waals surface area contributed by atoms with Crippen molar-refractivity contribution in [2.24, 2.45) is 5.92 Å². The van der Waals surface area contributed by atoms with E-state index >= 15 is 0 Å². The second-order valence-corrected chi connectivity index (χ2v) is 8.21. The van der Waals surface area contributed by atoms with Crippen molar-refractivity contribution in [3.63, 3.8) is 0 Å². The Labute approximate surface area is 183 Å². The quantitative estimate of drug-likeness (QED) is 0.578. The maximum absolute atomic E-state index is 12.3. The van der Waals surface area contributed by atoms with Gasteiger partial charge in [-0.05, 0) is 42.5 Å². The Morgan fingerprint density at radius 2 is 1.84 bits per heavy atom. The van der Waals surface area contributed by atoms with Crippen LogP contribution in [0.4, 0.5) is 0 Å². The topological polar surface area (TPSA) is 75.9 Å². The fourth-order valence-electron chi connectivity index (χ4n) is 4.07. The number of aryl methyl sites for hydroxylation is 1. The number of amides is 1. The lowest BCUT2D eigenvalue weighted by molar-refractivity contribution is -0.121. The van der Waals surface area contributed by atoms with Crippen LogP contribution in [0, 0.1) is 5.92 Å². The van der Waals surface area contributed by atoms with Gasteiger partial charge in [0.2, 0.25) is 11.7 Å². The van der Waals surface area contributed by atoms with Gasteiger partial charge < -0.3 is 5.32 Å². The smallest absolute Gasteiger partial charge is 0.220 e. The molecule has 0 aliphatic carbocycles. The first-order valence-corrected chi connectivity index (χ1v) is 11.1. The maximum Gasteiger partial charge on any atom is 0.220 e. The van der Waals surface area contributed by atoms with Crippen molar-refractivity contribution in [1.82, 2.24) is 30.4 Å². The predicted octanol–water partition coefficient (Wildman–Crippen LogP) is 3.15. The third-order valence-electron chi connectivity index (χ3n) is 5.69. The lowest BCUT2D eigenvalue weighted by atomic mass is 9.97. The second-order valence-electron chi connectivity index (χ2n) is 8.21. The molecule has 31 heavy (non-hydrogen) atoms. The van der Waals surface area contributed by atoms with Crippen molar-refractivity contribution in [1.29, 1.82) is 0 Å². The number of hydrogen-bond donors (Lipinski definition) is 1. The molecule has 7 nitrogen and oxygen atoms in total. The molecule has 1 atom stereocenters. The Balaban J connectivity index is 1.15. The molecule has 2 aromatic carbocycles. The summed E-state index contributed by atoms with van der Waals surface area (Å²) in [6.07, 6.45) is 3.54. The first-order valence-electron chi connectivity index (χ1n) is 11.1. The van der Waals surface area contributed by atoms with Crippen molar-refractivity contribution in [2.75, 3.05) is 19.6 Å². The van der Waals surface area contributed by atoms with Crippen LogP contribution in [0.25, 0.3) is 11.4 Å². The van der Waals surface area contributed by atoms with Crippen LogP contribution in [0.2, 0.25) is 0 Å². The molecule has 7 heteroatoms. The predicted molar refractivity (Wildman–Crippen MR) is 120 cm³/mol. The highest BCUT2D eigenvalue weighted by Crippen LogP contribution is 2.18. The van der Waals surface area contributed by atoms with Crippen LogP contribution < -0.4 is 5.32 Å². The van der Waals surface area contributed by atoms with E-state index < -0.39 is 0 Å². The molecule has 1 fully saturated rings. The Morgan fingerprint density at radius 3 is 2.65 bits per heavy atom. The van der Waals surface area contributed by atoms with E-state index in [0.717, 1.165) is 31.7 Å². The van der Waals surface area contributed by atoms with Crippen molar-refractivity contribution in [3.8, 4) is 11.4 Å². The van der Waals surface area contributed by atoms with Gasteiger partial charge in [0.25, 0.3) is 0 Å². The van der Waals surface area contributed by atoms with Gasteiger partial charge in [-0.15, -0.1) is 10.2 Å². The number of rotatable bonds is 9. The zero-order valence-electron chi connectivity index (χ0n) is 17.9. The van der Waals surface area contributed by atoms with Gasteiger partial charge in [-0.1, -0.05) is 60.7 Å². The van der Waals surface area contributed by atoms with Gasteiger partial charge in [0.15, 0.2) is 0 Å². The van der Waals surface area contributed by atoms with Gasteiger partial charge in [0, 0.05) is 31.6 Å². The molecule has 1 aliphatic heterocycles. The van der Waals surface area contributed by atoms with Gasteiger partial charge in [-0.25, -0.2) is 0 Å². The number of aromatic nitrogens is 4. The molecule has 4 rings (SSSR count). The average Bonchev–Trinajstić information content (AvgIpc) is 3.28. The second kappa shape index (κ2) is 10.8. The van der Waals surface area contributed by atoms with E-state index in [1.807, 2.05) is 30.3 Å². The van der Waals surface area contributed by atoms with Crippen molar-refractivity contribution >= 4 is 5.91 Å². The number of carbonyl (C=O) groups is 1. The standard InChI is InChI=1S/C24H30N6O/c31-23(14-8-16-30-27-24(26-28-30)22-12-5-2-6-13-22)25-17-21-11-7-15-29(19-21)18-20-9-3-1-4-10-20/h1-6,9-10,12-13,21H,7-8,11,14-19H2,(H,25,31). The van der Waals surface area contributed by atoms with Crippen LogP contribution in [0.15, 0.2) is 60.7 Å². The van der Waals surface area contributed by atoms with Crippen LogP contribution >= 0.6 is 0 Å². The monoisotopic (exact) mass is 418 g/mol. The number of likely N-dealkylation sites (tertiary alicyclic amines) is 1. The highest BCUT2D eigenvalue weighted by molar-refractivity contribution is 5.75. The summed E-state index contributed by atoms with van der Waals surface area (Å²) in [5.41, 5.74) is 2.30. The summed E-state index contributed by atoms with van der Waals surface area (Å²) in [6.45, 7) is 4.50. The van der Waals surface area contributed by atoms with Crippen LogP contribution in [-0.2, 0) is 17.9 Å². The molecule has 1 N–H and O–H groups in total. The van der Waals surface area contributed by atoms with E-state index in [2.05, 4.69) is 56.0 Å². The zero-order chi connectivity index (χ0) is 21.3. The molecule has 2 heterocycles. The van der Waals surface area contributed by atoms with Gasteiger partial charge in [0.1, 0.15) is 0 Å². The molecule has 0 saturated carbocycles. The molecule has 1 saturated heterocycles. The number of tetrazole rings is 1. The fourth-order valence-corrected chi connectivity index (χ4v) is 4.07. The summed E-state index contributed by atoms with van der Waals surface area (Å²) >= 11 is 0. The van der Waals surface area contributed by atoms with Crippen LogP contribution in [0.5, 0.6) is 0 Å². The minimum atomic E-state index is 0.101. The molecule has 0 radical (unpaired) electrons. The largest absolute Gasteiger partial charge is 0.356 e. The minimum absolute atomic E-state index is 0.101. The zero-order valence-corrected chi connectivity index (χ0v) is 17.9. The third kappa shape index (κ3) is 6.46. The number of piperidine rings is 1. The van der Waals surface area contributed by atoms with E-state index in [1.165, 1.54) is 18.4 Å². The Morgan fingerprint density at radius 1 is 1.06 bits per heavy atom. The number of hydrogen-bond acceptors (Lipinski definition) is 5. The molecular weight excluding hydrogens is 388 g/mol. The lowest BCUT2D eigenvalue weighted by Gasteiger charge is -2.32. The molecule has 1 amide bonds. The van der Waals surface area contributed by atoms with Gasteiger partial charge in [0.05, 0.1) is 6.54 Å². The first kappa shape index (κ1) is 21.2. The first-order chi connectivity index (χ1) is 15.3.